The van der Waals surface area contributed by atoms with Crippen molar-refractivity contribution < 1.29 is 15.3 Å². The Kier molecular flexibility index (Phi) is 5.08. The van der Waals surface area contributed by atoms with Gasteiger partial charge in [0.25, 0.3) is 0 Å². The standard InChI is InChI=1S/C19H21FN2O2.H2/c1-24-19(23)16-9-10-21-12-18(16)22-11-8-13-4-2-6-15-14(13)5-3-7-17(15)20;/h3,5,7,9-10,12-13,22H,2,4,6,8,11H2,1H3;1H/t13-;/m1./s1. The molecule has 1 aromatic carbocycles. The van der Waals surface area contributed by atoms with Crippen molar-refractivity contribution >= 4 is 11.7 Å². The van der Waals surface area contributed by atoms with Crippen molar-refractivity contribution in [1.82, 2.24) is 4.98 Å². The summed E-state index contributed by atoms with van der Waals surface area (Å²) in [6.07, 6.45) is 6.97. The van der Waals surface area contributed by atoms with Gasteiger partial charge in [0.05, 0.1) is 24.6 Å². The highest BCUT2D eigenvalue weighted by molar-refractivity contribution is 5.95. The lowest BCUT2D eigenvalue weighted by Gasteiger charge is -2.26. The highest BCUT2D eigenvalue weighted by Crippen LogP contribution is 2.35. The summed E-state index contributed by atoms with van der Waals surface area (Å²) in [7, 11) is 1.36. The van der Waals surface area contributed by atoms with E-state index in [1.54, 1.807) is 24.5 Å². The van der Waals surface area contributed by atoms with Crippen LogP contribution in [0.1, 0.15) is 48.1 Å². The molecule has 1 aliphatic rings. The Labute approximate surface area is 142 Å². The number of nitrogens with zero attached hydrogens (tertiary/aromatic N) is 1. The number of halogens is 1. The van der Waals surface area contributed by atoms with E-state index in [4.69, 9.17) is 4.74 Å². The molecule has 0 saturated heterocycles. The number of benzene rings is 1. The number of hydrogen-bond acceptors (Lipinski definition) is 4. The van der Waals surface area contributed by atoms with Gasteiger partial charge in [0.15, 0.2) is 0 Å². The van der Waals surface area contributed by atoms with E-state index >= 15 is 0 Å². The third-order valence-corrected chi connectivity index (χ3v) is 4.61. The Hall–Kier alpha value is -2.43. The van der Waals surface area contributed by atoms with E-state index in [0.717, 1.165) is 36.8 Å². The number of pyridine rings is 1. The first kappa shape index (κ1) is 16.4. The lowest BCUT2D eigenvalue weighted by atomic mass is 9.81. The Morgan fingerprint density at radius 2 is 2.33 bits per heavy atom. The molecule has 0 aliphatic heterocycles. The van der Waals surface area contributed by atoms with Gasteiger partial charge in [-0.2, -0.15) is 0 Å². The van der Waals surface area contributed by atoms with E-state index in [-0.39, 0.29) is 13.2 Å². The van der Waals surface area contributed by atoms with Crippen LogP contribution >= 0.6 is 0 Å². The number of esters is 1. The maximum Gasteiger partial charge on any atom is 0.340 e. The SMILES string of the molecule is COC(=O)c1ccncc1NCC[C@H]1CCCc2c(F)cccc21.[HH]. The van der Waals surface area contributed by atoms with Crippen LogP contribution < -0.4 is 5.32 Å². The van der Waals surface area contributed by atoms with Crippen LogP contribution in [0.2, 0.25) is 0 Å². The number of rotatable bonds is 5. The van der Waals surface area contributed by atoms with Gasteiger partial charge < -0.3 is 10.1 Å². The van der Waals surface area contributed by atoms with Crippen molar-refractivity contribution in [3.63, 3.8) is 0 Å². The smallest absolute Gasteiger partial charge is 0.340 e. The van der Waals surface area contributed by atoms with Crippen molar-refractivity contribution in [3.8, 4) is 0 Å². The molecule has 0 unspecified atom stereocenters. The van der Waals surface area contributed by atoms with Gasteiger partial charge in [-0.05, 0) is 54.9 Å². The molecular formula is C19H23FN2O2. The van der Waals surface area contributed by atoms with Gasteiger partial charge in [-0.3, -0.25) is 4.98 Å². The van der Waals surface area contributed by atoms with Crippen LogP contribution in [0.5, 0.6) is 0 Å². The van der Waals surface area contributed by atoms with E-state index in [0.29, 0.717) is 23.7 Å². The molecule has 0 fully saturated rings. The summed E-state index contributed by atoms with van der Waals surface area (Å²) >= 11 is 0. The van der Waals surface area contributed by atoms with Gasteiger partial charge in [0.1, 0.15) is 5.82 Å². The largest absolute Gasteiger partial charge is 0.465 e. The molecule has 1 aromatic heterocycles. The zero-order valence-electron chi connectivity index (χ0n) is 13.7. The van der Waals surface area contributed by atoms with Crippen molar-refractivity contribution in [1.29, 1.82) is 0 Å². The molecule has 0 amide bonds. The lowest BCUT2D eigenvalue weighted by molar-refractivity contribution is 0.0601. The number of methoxy groups -OCH3 is 1. The molecule has 3 rings (SSSR count). The summed E-state index contributed by atoms with van der Waals surface area (Å²) in [5.74, 6) is -0.134. The molecule has 128 valence electrons. The lowest BCUT2D eigenvalue weighted by Crippen LogP contribution is -2.16. The molecule has 4 nitrogen and oxygen atoms in total. The predicted octanol–water partition coefficient (Wildman–Crippen LogP) is 4.18. The molecule has 0 saturated carbocycles. The zero-order valence-corrected chi connectivity index (χ0v) is 13.7. The number of hydrogen-bond donors (Lipinski definition) is 1. The van der Waals surface area contributed by atoms with E-state index in [2.05, 4.69) is 10.3 Å². The summed E-state index contributed by atoms with van der Waals surface area (Å²) in [5, 5.41) is 3.26. The third kappa shape index (κ3) is 3.40. The highest BCUT2D eigenvalue weighted by Gasteiger charge is 2.22. The minimum absolute atomic E-state index is 0. The minimum atomic E-state index is -0.384. The van der Waals surface area contributed by atoms with Gasteiger partial charge in [-0.1, -0.05) is 12.1 Å². The number of nitrogens with one attached hydrogen (secondary N) is 1. The summed E-state index contributed by atoms with van der Waals surface area (Å²) < 4.78 is 18.7. The van der Waals surface area contributed by atoms with Crippen LogP contribution in [0.25, 0.3) is 0 Å². The van der Waals surface area contributed by atoms with Crippen LogP contribution in [-0.2, 0) is 11.2 Å². The quantitative estimate of drug-likeness (QED) is 0.836. The first-order valence-electron chi connectivity index (χ1n) is 8.24. The summed E-state index contributed by atoms with van der Waals surface area (Å²) in [6.45, 7) is 0.691. The van der Waals surface area contributed by atoms with Crippen molar-refractivity contribution in [2.75, 3.05) is 19.0 Å². The molecule has 5 heteroatoms. The van der Waals surface area contributed by atoms with Crippen molar-refractivity contribution in [2.45, 2.75) is 31.6 Å². The number of carbonyl (C=O) groups excluding carboxylic acids is 1. The maximum absolute atomic E-state index is 13.9. The Morgan fingerprint density at radius 3 is 3.17 bits per heavy atom. The van der Waals surface area contributed by atoms with Crippen LogP contribution in [0.15, 0.2) is 36.7 Å². The molecule has 0 radical (unpaired) electrons. The van der Waals surface area contributed by atoms with E-state index in [1.807, 2.05) is 6.07 Å². The van der Waals surface area contributed by atoms with Gasteiger partial charge in [0.2, 0.25) is 0 Å². The second-order valence-corrected chi connectivity index (χ2v) is 6.03. The molecule has 2 aromatic rings. The van der Waals surface area contributed by atoms with Crippen LogP contribution in [0.3, 0.4) is 0 Å². The average Bonchev–Trinajstić information content (AvgIpc) is 2.62. The Balaban J connectivity index is 0.00000225. The number of fused-ring (bicyclic) bond motifs is 1. The van der Waals surface area contributed by atoms with Crippen molar-refractivity contribution in [2.24, 2.45) is 0 Å². The van der Waals surface area contributed by atoms with Gasteiger partial charge in [-0.15, -0.1) is 0 Å². The topological polar surface area (TPSA) is 51.2 Å². The van der Waals surface area contributed by atoms with Gasteiger partial charge in [-0.25, -0.2) is 9.18 Å². The van der Waals surface area contributed by atoms with Crippen LogP contribution in [0, 0.1) is 5.82 Å². The van der Waals surface area contributed by atoms with E-state index < -0.39 is 0 Å². The van der Waals surface area contributed by atoms with Crippen LogP contribution in [0.4, 0.5) is 10.1 Å². The molecule has 0 spiro atoms. The fraction of sp³-hybridized carbons (Fsp3) is 0.368. The second kappa shape index (κ2) is 7.43. The van der Waals surface area contributed by atoms with E-state index in [9.17, 15) is 9.18 Å². The van der Waals surface area contributed by atoms with Gasteiger partial charge >= 0.3 is 5.97 Å². The highest BCUT2D eigenvalue weighted by atomic mass is 19.1. The molecule has 1 aliphatic carbocycles. The summed E-state index contributed by atoms with van der Waals surface area (Å²) in [5.41, 5.74) is 3.13. The van der Waals surface area contributed by atoms with Gasteiger partial charge in [0, 0.05) is 14.2 Å². The number of aromatic nitrogens is 1. The molecule has 1 atom stereocenters. The average molecular weight is 330 g/mol. The maximum atomic E-state index is 13.9. The zero-order chi connectivity index (χ0) is 16.9. The molecule has 1 N–H and O–H groups in total. The first-order valence-corrected chi connectivity index (χ1v) is 8.24. The number of ether oxygens (including phenoxy) is 1. The fourth-order valence-corrected chi connectivity index (χ4v) is 3.41. The molecule has 1 heterocycles. The predicted molar refractivity (Wildman–Crippen MR) is 92.9 cm³/mol. The minimum Gasteiger partial charge on any atom is -0.465 e. The van der Waals surface area contributed by atoms with E-state index in [1.165, 1.54) is 13.2 Å². The molecule has 24 heavy (non-hydrogen) atoms. The Morgan fingerprint density at radius 1 is 1.46 bits per heavy atom. The first-order chi connectivity index (χ1) is 11.7. The molecule has 0 bridgehead atoms. The molecular weight excluding hydrogens is 307 g/mol. The fourth-order valence-electron chi connectivity index (χ4n) is 3.41. The monoisotopic (exact) mass is 330 g/mol. The van der Waals surface area contributed by atoms with Crippen molar-refractivity contribution in [3.05, 3.63) is 59.2 Å². The summed E-state index contributed by atoms with van der Waals surface area (Å²) in [4.78, 5) is 15.8. The van der Waals surface area contributed by atoms with Crippen LogP contribution in [-0.4, -0.2) is 24.6 Å². The summed E-state index contributed by atoms with van der Waals surface area (Å²) in [6, 6.07) is 7.00. The second-order valence-electron chi connectivity index (χ2n) is 6.03. The Bertz CT molecular complexity index is 739. The normalized spacial score (nSPS) is 16.3. The number of carbonyl (C=O) groups is 1. The number of anilines is 1. The third-order valence-electron chi connectivity index (χ3n) is 4.61.